The molecule has 0 aliphatic carbocycles. The molecule has 9 heteroatoms. The first-order chi connectivity index (χ1) is 18.1. The first kappa shape index (κ1) is 29.4. The summed E-state index contributed by atoms with van der Waals surface area (Å²) in [7, 11) is -1.98. The van der Waals surface area contributed by atoms with E-state index >= 15 is 0 Å². The van der Waals surface area contributed by atoms with Crippen molar-refractivity contribution in [2.75, 3.05) is 24.2 Å². The van der Waals surface area contributed by atoms with Gasteiger partial charge in [-0.15, -0.1) is 0 Å². The molecule has 0 fully saturated rings. The van der Waals surface area contributed by atoms with Crippen LogP contribution >= 0.6 is 15.9 Å². The number of nitrogens with zero attached hydrogens (tertiary/aromatic N) is 2. The number of anilines is 1. The first-order valence-corrected chi connectivity index (χ1v) is 15.1. The van der Waals surface area contributed by atoms with E-state index in [0.29, 0.717) is 18.5 Å². The van der Waals surface area contributed by atoms with Gasteiger partial charge in [0.1, 0.15) is 6.04 Å². The van der Waals surface area contributed by atoms with Crippen LogP contribution in [0.15, 0.2) is 83.3 Å². The second-order valence-electron chi connectivity index (χ2n) is 9.25. The van der Waals surface area contributed by atoms with Crippen molar-refractivity contribution in [3.8, 4) is 0 Å². The molecule has 3 aromatic rings. The molecule has 0 saturated carbocycles. The minimum absolute atomic E-state index is 0.0939. The summed E-state index contributed by atoms with van der Waals surface area (Å²) in [4.78, 5) is 28.3. The van der Waals surface area contributed by atoms with Crippen LogP contribution in [-0.2, 0) is 32.6 Å². The third-order valence-electron chi connectivity index (χ3n) is 6.23. The Hall–Kier alpha value is -3.17. The maximum atomic E-state index is 13.7. The van der Waals surface area contributed by atoms with Crippen molar-refractivity contribution in [1.82, 2.24) is 10.2 Å². The van der Waals surface area contributed by atoms with Crippen LogP contribution in [0.25, 0.3) is 0 Å². The Morgan fingerprint density at radius 1 is 0.947 bits per heavy atom. The smallest absolute Gasteiger partial charge is 0.242 e. The van der Waals surface area contributed by atoms with Crippen LogP contribution in [0.4, 0.5) is 5.69 Å². The zero-order chi connectivity index (χ0) is 27.7. The molecule has 38 heavy (non-hydrogen) atoms. The molecule has 0 aromatic heterocycles. The van der Waals surface area contributed by atoms with Crippen molar-refractivity contribution in [2.24, 2.45) is 0 Å². The van der Waals surface area contributed by atoms with Gasteiger partial charge in [-0.2, -0.15) is 0 Å². The standard InChI is InChI=1S/C29H34BrN3O4S/c1-22-9-7-12-26(19-22)33(38(3,36)37)18-8-13-28(34)32(21-24-14-16-25(30)17-15-24)27(29(35)31-2)20-23-10-5-4-6-11-23/h4-7,9-12,14-17,19,27H,8,13,18,20-21H2,1-3H3,(H,31,35)/t27-/m0/s1. The molecule has 1 N–H and O–H groups in total. The number of sulfonamides is 1. The molecule has 0 radical (unpaired) electrons. The van der Waals surface area contributed by atoms with Crippen molar-refractivity contribution in [2.45, 2.75) is 38.8 Å². The number of carbonyl (C=O) groups excluding carboxylic acids is 2. The van der Waals surface area contributed by atoms with E-state index in [-0.39, 0.29) is 31.3 Å². The average Bonchev–Trinajstić information content (AvgIpc) is 2.89. The van der Waals surface area contributed by atoms with Crippen LogP contribution in [0.5, 0.6) is 0 Å². The SMILES string of the molecule is CNC(=O)[C@H](Cc1ccccc1)N(Cc1ccc(Br)cc1)C(=O)CCCN(c1cccc(C)c1)S(C)(=O)=O. The molecule has 0 unspecified atom stereocenters. The van der Waals surface area contributed by atoms with E-state index in [1.807, 2.05) is 79.7 Å². The lowest BCUT2D eigenvalue weighted by Gasteiger charge is -2.31. The molecule has 3 aromatic carbocycles. The number of aryl methyl sites for hydroxylation is 1. The summed E-state index contributed by atoms with van der Waals surface area (Å²) < 4.78 is 27.3. The zero-order valence-corrected chi connectivity index (χ0v) is 24.3. The number of carbonyl (C=O) groups is 2. The van der Waals surface area contributed by atoms with E-state index in [0.717, 1.165) is 21.2 Å². The van der Waals surface area contributed by atoms with Crippen molar-refractivity contribution < 1.29 is 18.0 Å². The van der Waals surface area contributed by atoms with Gasteiger partial charge in [-0.1, -0.05) is 70.5 Å². The topological polar surface area (TPSA) is 86.8 Å². The Balaban J connectivity index is 1.84. The molecule has 2 amide bonds. The lowest BCUT2D eigenvalue weighted by Crippen LogP contribution is -2.49. The Kier molecular flexibility index (Phi) is 10.5. The first-order valence-electron chi connectivity index (χ1n) is 12.4. The highest BCUT2D eigenvalue weighted by molar-refractivity contribution is 9.10. The molecule has 0 saturated heterocycles. The Labute approximate surface area is 234 Å². The number of rotatable bonds is 12. The van der Waals surface area contributed by atoms with Gasteiger partial charge < -0.3 is 10.2 Å². The van der Waals surface area contributed by atoms with E-state index in [4.69, 9.17) is 0 Å². The Morgan fingerprint density at radius 2 is 1.63 bits per heavy atom. The number of hydrogen-bond donors (Lipinski definition) is 1. The van der Waals surface area contributed by atoms with Gasteiger partial charge in [0.2, 0.25) is 21.8 Å². The number of hydrogen-bond acceptors (Lipinski definition) is 4. The summed E-state index contributed by atoms with van der Waals surface area (Å²) in [5.41, 5.74) is 3.35. The fourth-order valence-corrected chi connectivity index (χ4v) is 5.52. The largest absolute Gasteiger partial charge is 0.357 e. The van der Waals surface area contributed by atoms with Gasteiger partial charge in [-0.05, 0) is 54.3 Å². The summed E-state index contributed by atoms with van der Waals surface area (Å²) in [6.07, 6.45) is 1.93. The van der Waals surface area contributed by atoms with E-state index in [2.05, 4.69) is 21.2 Å². The highest BCUT2D eigenvalue weighted by Gasteiger charge is 2.30. The molecule has 0 heterocycles. The second-order valence-corrected chi connectivity index (χ2v) is 12.1. The van der Waals surface area contributed by atoms with Crippen molar-refractivity contribution in [3.05, 3.63) is 100 Å². The molecule has 1 atom stereocenters. The van der Waals surface area contributed by atoms with Gasteiger partial charge in [0.25, 0.3) is 0 Å². The summed E-state index contributed by atoms with van der Waals surface area (Å²) in [5.74, 6) is -0.466. The Bertz CT molecular complexity index is 1330. The second kappa shape index (κ2) is 13.6. The summed E-state index contributed by atoms with van der Waals surface area (Å²) in [6, 6.07) is 23.8. The fraction of sp³-hybridized carbons (Fsp3) is 0.310. The van der Waals surface area contributed by atoms with Crippen LogP contribution in [-0.4, -0.2) is 51.0 Å². The molecule has 0 aliphatic heterocycles. The fourth-order valence-electron chi connectivity index (χ4n) is 4.29. The molecule has 7 nitrogen and oxygen atoms in total. The molecule has 0 aliphatic rings. The number of amides is 2. The van der Waals surface area contributed by atoms with Gasteiger partial charge in [-0.25, -0.2) is 8.42 Å². The summed E-state index contributed by atoms with van der Waals surface area (Å²) in [5, 5.41) is 2.71. The predicted octanol–water partition coefficient (Wildman–Crippen LogP) is 4.69. The van der Waals surface area contributed by atoms with E-state index in [1.54, 1.807) is 18.0 Å². The molecule has 202 valence electrons. The normalized spacial score (nSPS) is 12.0. The molecular formula is C29H34BrN3O4S. The molecule has 0 spiro atoms. The minimum Gasteiger partial charge on any atom is -0.357 e. The highest BCUT2D eigenvalue weighted by atomic mass is 79.9. The zero-order valence-electron chi connectivity index (χ0n) is 21.9. The Morgan fingerprint density at radius 3 is 2.24 bits per heavy atom. The van der Waals surface area contributed by atoms with Crippen LogP contribution in [0, 0.1) is 6.92 Å². The maximum absolute atomic E-state index is 13.7. The van der Waals surface area contributed by atoms with Crippen LogP contribution in [0.1, 0.15) is 29.5 Å². The monoisotopic (exact) mass is 599 g/mol. The van der Waals surface area contributed by atoms with Gasteiger partial charge in [0.15, 0.2) is 0 Å². The predicted molar refractivity (Wildman–Crippen MR) is 155 cm³/mol. The van der Waals surface area contributed by atoms with E-state index < -0.39 is 16.1 Å². The highest BCUT2D eigenvalue weighted by Crippen LogP contribution is 2.21. The lowest BCUT2D eigenvalue weighted by molar-refractivity contribution is -0.141. The quantitative estimate of drug-likeness (QED) is 0.327. The summed E-state index contributed by atoms with van der Waals surface area (Å²) >= 11 is 3.44. The molecule has 0 bridgehead atoms. The van der Waals surface area contributed by atoms with Crippen LogP contribution in [0.3, 0.4) is 0 Å². The average molecular weight is 601 g/mol. The van der Waals surface area contributed by atoms with Gasteiger partial charge in [-0.3, -0.25) is 13.9 Å². The van der Waals surface area contributed by atoms with Crippen molar-refractivity contribution in [3.63, 3.8) is 0 Å². The van der Waals surface area contributed by atoms with Gasteiger partial charge in [0, 0.05) is 37.5 Å². The van der Waals surface area contributed by atoms with E-state index in [1.165, 1.54) is 10.6 Å². The number of halogens is 1. The van der Waals surface area contributed by atoms with Crippen molar-refractivity contribution >= 4 is 43.5 Å². The minimum atomic E-state index is -3.54. The van der Waals surface area contributed by atoms with Gasteiger partial charge in [0.05, 0.1) is 11.9 Å². The number of likely N-dealkylation sites (N-methyl/N-ethyl adjacent to an activating group) is 1. The van der Waals surface area contributed by atoms with Crippen molar-refractivity contribution in [1.29, 1.82) is 0 Å². The maximum Gasteiger partial charge on any atom is 0.242 e. The third-order valence-corrected chi connectivity index (χ3v) is 7.95. The molecular weight excluding hydrogens is 566 g/mol. The molecule has 3 rings (SSSR count). The van der Waals surface area contributed by atoms with Crippen LogP contribution in [0.2, 0.25) is 0 Å². The number of benzene rings is 3. The summed E-state index contributed by atoms with van der Waals surface area (Å²) in [6.45, 7) is 2.31. The number of nitrogens with one attached hydrogen (secondary N) is 1. The third kappa shape index (κ3) is 8.43. The lowest BCUT2D eigenvalue weighted by atomic mass is 10.0. The van der Waals surface area contributed by atoms with Gasteiger partial charge >= 0.3 is 0 Å². The van der Waals surface area contributed by atoms with Crippen LogP contribution < -0.4 is 9.62 Å². The van der Waals surface area contributed by atoms with E-state index in [9.17, 15) is 18.0 Å².